The molecule has 22 heavy (non-hydrogen) atoms. The minimum atomic E-state index is -0.265. The van der Waals surface area contributed by atoms with Crippen LogP contribution in [0.2, 0.25) is 0 Å². The Morgan fingerprint density at radius 3 is 2.27 bits per heavy atom. The van der Waals surface area contributed by atoms with Crippen LogP contribution in [0.25, 0.3) is 0 Å². The third-order valence-electron chi connectivity index (χ3n) is 3.29. The largest absolute Gasteiger partial charge is 0.462 e. The van der Waals surface area contributed by atoms with Gasteiger partial charge in [0.2, 0.25) is 0 Å². The van der Waals surface area contributed by atoms with E-state index in [2.05, 4.69) is 6.92 Å². The zero-order valence-corrected chi connectivity index (χ0v) is 15.2. The molecule has 0 aliphatic carbocycles. The molecule has 4 nitrogen and oxygen atoms in total. The highest BCUT2D eigenvalue weighted by Crippen LogP contribution is 2.14. The van der Waals surface area contributed by atoms with Gasteiger partial charge in [0.05, 0.1) is 5.92 Å². The number of carbonyl (C=O) groups excluding carboxylic acids is 2. The van der Waals surface area contributed by atoms with Crippen molar-refractivity contribution in [2.75, 3.05) is 24.7 Å². The monoisotopic (exact) mass is 332 g/mol. The molecule has 0 aromatic carbocycles. The third-order valence-corrected chi connectivity index (χ3v) is 4.60. The van der Waals surface area contributed by atoms with E-state index in [1.165, 1.54) is 38.5 Å². The fourth-order valence-electron chi connectivity index (χ4n) is 1.85. The van der Waals surface area contributed by atoms with Crippen molar-refractivity contribution in [3.63, 3.8) is 0 Å². The summed E-state index contributed by atoms with van der Waals surface area (Å²) in [7, 11) is 0. The Hall–Kier alpha value is -0.710. The normalized spacial score (nSPS) is 12.0. The molecular formula is C17H32O4S. The van der Waals surface area contributed by atoms with Crippen LogP contribution in [0.5, 0.6) is 0 Å². The molecule has 0 rings (SSSR count). The number of hydrogen-bond donors (Lipinski definition) is 0. The Balaban J connectivity index is 3.44. The summed E-state index contributed by atoms with van der Waals surface area (Å²) in [4.78, 5) is 22.6. The summed E-state index contributed by atoms with van der Waals surface area (Å²) in [6.45, 7) is 6.14. The van der Waals surface area contributed by atoms with Crippen LogP contribution in [0.4, 0.5) is 0 Å². The molecule has 0 saturated carbocycles. The molecule has 0 aliphatic heterocycles. The van der Waals surface area contributed by atoms with Crippen molar-refractivity contribution >= 4 is 23.7 Å². The number of rotatable bonds is 14. The number of thioether (sulfide) groups is 1. The van der Waals surface area contributed by atoms with Crippen molar-refractivity contribution in [1.29, 1.82) is 0 Å². The summed E-state index contributed by atoms with van der Waals surface area (Å²) in [5.74, 6) is 1.33. The number of ether oxygens (including phenoxy) is 2. The van der Waals surface area contributed by atoms with Gasteiger partial charge in [-0.05, 0) is 12.2 Å². The van der Waals surface area contributed by atoms with Gasteiger partial charge in [0.25, 0.3) is 0 Å². The molecule has 1 unspecified atom stereocenters. The van der Waals surface area contributed by atoms with E-state index in [4.69, 9.17) is 9.47 Å². The maximum atomic E-state index is 11.7. The summed E-state index contributed by atoms with van der Waals surface area (Å²) in [5.41, 5.74) is 0. The van der Waals surface area contributed by atoms with Gasteiger partial charge in [-0.25, -0.2) is 0 Å². The van der Waals surface area contributed by atoms with Gasteiger partial charge >= 0.3 is 11.9 Å². The predicted molar refractivity (Wildman–Crippen MR) is 92.1 cm³/mol. The smallest absolute Gasteiger partial charge is 0.309 e. The SMILES string of the molecule is CCCCCCCCSCC(C)C(=O)OCCOC(=O)CC. The van der Waals surface area contributed by atoms with E-state index in [9.17, 15) is 9.59 Å². The molecule has 0 bridgehead atoms. The van der Waals surface area contributed by atoms with Crippen molar-refractivity contribution in [1.82, 2.24) is 0 Å². The molecule has 0 aliphatic rings. The second-order valence-corrected chi connectivity index (χ2v) is 6.64. The summed E-state index contributed by atoms with van der Waals surface area (Å²) in [6.07, 6.45) is 8.14. The standard InChI is InChI=1S/C17H32O4S/c1-4-6-7-8-9-10-13-22-14-15(3)17(19)21-12-11-20-16(18)5-2/h15H,4-14H2,1-3H3. The molecule has 0 amide bonds. The highest BCUT2D eigenvalue weighted by Gasteiger charge is 2.14. The first-order valence-corrected chi connectivity index (χ1v) is 9.67. The minimum Gasteiger partial charge on any atom is -0.462 e. The lowest BCUT2D eigenvalue weighted by Gasteiger charge is -2.11. The summed E-state index contributed by atoms with van der Waals surface area (Å²) in [5, 5.41) is 0. The van der Waals surface area contributed by atoms with E-state index in [0.717, 1.165) is 11.5 Å². The van der Waals surface area contributed by atoms with E-state index in [0.29, 0.717) is 6.42 Å². The van der Waals surface area contributed by atoms with E-state index in [1.807, 2.05) is 18.7 Å². The van der Waals surface area contributed by atoms with Crippen molar-refractivity contribution < 1.29 is 19.1 Å². The Kier molecular flexibility index (Phi) is 14.7. The summed E-state index contributed by atoms with van der Waals surface area (Å²) < 4.78 is 9.95. The van der Waals surface area contributed by atoms with Crippen LogP contribution in [-0.4, -0.2) is 36.7 Å². The highest BCUT2D eigenvalue weighted by atomic mass is 32.2. The lowest BCUT2D eigenvalue weighted by Crippen LogP contribution is -2.20. The molecule has 0 N–H and O–H groups in total. The van der Waals surface area contributed by atoms with Gasteiger partial charge in [-0.1, -0.05) is 52.9 Å². The maximum absolute atomic E-state index is 11.7. The van der Waals surface area contributed by atoms with Crippen LogP contribution in [-0.2, 0) is 19.1 Å². The lowest BCUT2D eigenvalue weighted by atomic mass is 10.1. The van der Waals surface area contributed by atoms with Gasteiger partial charge in [-0.3, -0.25) is 9.59 Å². The van der Waals surface area contributed by atoms with Gasteiger partial charge in [-0.2, -0.15) is 11.8 Å². The molecule has 1 atom stereocenters. The van der Waals surface area contributed by atoms with Crippen LogP contribution in [0.1, 0.15) is 65.7 Å². The molecule has 0 spiro atoms. The Morgan fingerprint density at radius 1 is 0.955 bits per heavy atom. The number of hydrogen-bond acceptors (Lipinski definition) is 5. The van der Waals surface area contributed by atoms with Crippen molar-refractivity contribution in [3.05, 3.63) is 0 Å². The molecule has 0 fully saturated rings. The van der Waals surface area contributed by atoms with Crippen LogP contribution >= 0.6 is 11.8 Å². The number of esters is 2. The maximum Gasteiger partial charge on any atom is 0.309 e. The van der Waals surface area contributed by atoms with Crippen molar-refractivity contribution in [3.8, 4) is 0 Å². The van der Waals surface area contributed by atoms with Crippen molar-refractivity contribution in [2.45, 2.75) is 65.7 Å². The minimum absolute atomic E-state index is 0.105. The van der Waals surface area contributed by atoms with Crippen LogP contribution in [0.3, 0.4) is 0 Å². The zero-order chi connectivity index (χ0) is 16.6. The number of carbonyl (C=O) groups is 2. The van der Waals surface area contributed by atoms with E-state index in [1.54, 1.807) is 6.92 Å². The van der Waals surface area contributed by atoms with E-state index < -0.39 is 0 Å². The fraction of sp³-hybridized carbons (Fsp3) is 0.882. The van der Waals surface area contributed by atoms with Crippen LogP contribution < -0.4 is 0 Å². The molecule has 130 valence electrons. The summed E-state index contributed by atoms with van der Waals surface area (Å²) in [6, 6.07) is 0. The van der Waals surface area contributed by atoms with E-state index >= 15 is 0 Å². The molecule has 0 radical (unpaired) electrons. The van der Waals surface area contributed by atoms with Gasteiger partial charge in [0, 0.05) is 12.2 Å². The second-order valence-electron chi connectivity index (χ2n) is 5.49. The zero-order valence-electron chi connectivity index (χ0n) is 14.4. The topological polar surface area (TPSA) is 52.6 Å². The molecule has 0 aromatic heterocycles. The van der Waals surface area contributed by atoms with Crippen LogP contribution in [0, 0.1) is 5.92 Å². The molecule has 0 heterocycles. The Labute approximate surface area is 139 Å². The van der Waals surface area contributed by atoms with Gasteiger partial charge < -0.3 is 9.47 Å². The second kappa shape index (κ2) is 15.2. The molecule has 5 heteroatoms. The third kappa shape index (κ3) is 13.0. The van der Waals surface area contributed by atoms with E-state index in [-0.39, 0.29) is 31.1 Å². The van der Waals surface area contributed by atoms with Gasteiger partial charge in [0.1, 0.15) is 13.2 Å². The first-order valence-electron chi connectivity index (χ1n) is 8.51. The summed E-state index contributed by atoms with van der Waals surface area (Å²) >= 11 is 1.82. The molecular weight excluding hydrogens is 300 g/mol. The Morgan fingerprint density at radius 2 is 1.59 bits per heavy atom. The molecule has 0 aromatic rings. The average Bonchev–Trinajstić information content (AvgIpc) is 2.53. The lowest BCUT2D eigenvalue weighted by molar-refractivity contribution is -0.154. The van der Waals surface area contributed by atoms with Gasteiger partial charge in [0.15, 0.2) is 0 Å². The first-order chi connectivity index (χ1) is 10.6. The van der Waals surface area contributed by atoms with Crippen LogP contribution in [0.15, 0.2) is 0 Å². The quantitative estimate of drug-likeness (QED) is 0.352. The predicted octanol–water partition coefficient (Wildman–Crippen LogP) is 4.21. The Bertz CT molecular complexity index is 294. The fourth-order valence-corrected chi connectivity index (χ4v) is 2.92. The number of unbranched alkanes of at least 4 members (excludes halogenated alkanes) is 5. The highest BCUT2D eigenvalue weighted by molar-refractivity contribution is 7.99. The van der Waals surface area contributed by atoms with Gasteiger partial charge in [-0.15, -0.1) is 0 Å². The average molecular weight is 333 g/mol. The van der Waals surface area contributed by atoms with Crippen molar-refractivity contribution in [2.24, 2.45) is 5.92 Å². The first kappa shape index (κ1) is 21.3. The molecule has 0 saturated heterocycles.